The average Bonchev–Trinajstić information content (AvgIpc) is 2.72. The molecule has 0 spiro atoms. The zero-order chi connectivity index (χ0) is 19.1. The first-order chi connectivity index (χ1) is 13.0. The summed E-state index contributed by atoms with van der Waals surface area (Å²) in [5.74, 6) is -0.290. The minimum Gasteiger partial charge on any atom is -0.346 e. The molecule has 1 aromatic heterocycles. The normalized spacial score (nSPS) is 11.1. The first kappa shape index (κ1) is 18.8. The maximum Gasteiger partial charge on any atom is 0.251 e. The molecule has 3 rings (SSSR count). The van der Waals surface area contributed by atoms with Crippen LogP contribution in [0.4, 0.5) is 0 Å². The van der Waals surface area contributed by atoms with E-state index in [4.69, 9.17) is 0 Å². The first-order valence-electron chi connectivity index (χ1n) is 8.36. The van der Waals surface area contributed by atoms with Crippen molar-refractivity contribution in [2.45, 2.75) is 18.0 Å². The van der Waals surface area contributed by atoms with Crippen LogP contribution in [0, 0.1) is 0 Å². The summed E-state index contributed by atoms with van der Waals surface area (Å²) < 4.78 is 27.3. The number of nitrogens with one attached hydrogen (secondary N) is 2. The number of nitrogens with zero attached hydrogens (tertiary/aromatic N) is 1. The molecule has 138 valence electrons. The van der Waals surface area contributed by atoms with E-state index in [1.807, 2.05) is 42.5 Å². The summed E-state index contributed by atoms with van der Waals surface area (Å²) in [6.45, 7) is 0.508. The van der Waals surface area contributed by atoms with Crippen molar-refractivity contribution in [1.82, 2.24) is 15.0 Å². The van der Waals surface area contributed by atoms with Crippen molar-refractivity contribution in [3.8, 4) is 0 Å². The van der Waals surface area contributed by atoms with Crippen LogP contribution in [0.5, 0.6) is 0 Å². The van der Waals surface area contributed by atoms with Gasteiger partial charge in [-0.3, -0.25) is 9.78 Å². The molecule has 1 heterocycles. The fourth-order valence-corrected chi connectivity index (χ4v) is 3.44. The molecule has 2 N–H and O–H groups in total. The molecule has 1 amide bonds. The molecule has 0 aliphatic rings. The summed E-state index contributed by atoms with van der Waals surface area (Å²) in [7, 11) is -3.65. The molecule has 0 bridgehead atoms. The van der Waals surface area contributed by atoms with E-state index >= 15 is 0 Å². The zero-order valence-corrected chi connectivity index (χ0v) is 15.3. The SMILES string of the molecule is O=C(NCc1ccccn1)c1ccc(S(=O)(=O)NCc2ccccc2)cc1. The quantitative estimate of drug-likeness (QED) is 0.658. The second kappa shape index (κ2) is 8.57. The minimum absolute atomic E-state index is 0.111. The van der Waals surface area contributed by atoms with Crippen LogP contribution in [-0.4, -0.2) is 19.3 Å². The predicted octanol–water partition coefficient (Wildman–Crippen LogP) is 2.49. The van der Waals surface area contributed by atoms with Gasteiger partial charge in [0.1, 0.15) is 0 Å². The van der Waals surface area contributed by atoms with Crippen molar-refractivity contribution in [2.75, 3.05) is 0 Å². The number of hydrogen-bond acceptors (Lipinski definition) is 4. The lowest BCUT2D eigenvalue weighted by atomic mass is 10.2. The highest BCUT2D eigenvalue weighted by Crippen LogP contribution is 2.12. The topological polar surface area (TPSA) is 88.2 Å². The Labute approximate surface area is 158 Å². The molecule has 6 nitrogen and oxygen atoms in total. The standard InChI is InChI=1S/C20H19N3O3S/c24-20(22-15-18-8-4-5-13-21-18)17-9-11-19(12-10-17)27(25,26)23-14-16-6-2-1-3-7-16/h1-13,23H,14-15H2,(H,22,24). The molecule has 3 aromatic rings. The van der Waals surface area contributed by atoms with Crippen LogP contribution >= 0.6 is 0 Å². The number of sulfonamides is 1. The molecule has 2 aromatic carbocycles. The molecule has 0 fully saturated rings. The number of hydrogen-bond donors (Lipinski definition) is 2. The van der Waals surface area contributed by atoms with Crippen LogP contribution in [-0.2, 0) is 23.1 Å². The third-order valence-corrected chi connectivity index (χ3v) is 5.31. The number of rotatable bonds is 7. The fraction of sp³-hybridized carbons (Fsp3) is 0.100. The lowest BCUT2D eigenvalue weighted by Gasteiger charge is -2.08. The van der Waals surface area contributed by atoms with Crippen LogP contribution in [0.2, 0.25) is 0 Å². The maximum atomic E-state index is 12.4. The largest absolute Gasteiger partial charge is 0.346 e. The Bertz CT molecular complexity index is 990. The third-order valence-electron chi connectivity index (χ3n) is 3.89. The molecule has 0 aliphatic carbocycles. The van der Waals surface area contributed by atoms with E-state index in [9.17, 15) is 13.2 Å². The van der Waals surface area contributed by atoms with E-state index in [0.717, 1.165) is 11.3 Å². The molecular formula is C20H19N3O3S. The second-order valence-electron chi connectivity index (χ2n) is 5.84. The fourth-order valence-electron chi connectivity index (χ4n) is 2.42. The van der Waals surface area contributed by atoms with Gasteiger partial charge >= 0.3 is 0 Å². The van der Waals surface area contributed by atoms with Gasteiger partial charge in [-0.15, -0.1) is 0 Å². The Hall–Kier alpha value is -3.03. The molecular weight excluding hydrogens is 362 g/mol. The summed E-state index contributed by atoms with van der Waals surface area (Å²) in [5, 5.41) is 2.75. The van der Waals surface area contributed by atoms with Crippen LogP contribution in [0.3, 0.4) is 0 Å². The van der Waals surface area contributed by atoms with Crippen molar-refractivity contribution in [2.24, 2.45) is 0 Å². The van der Waals surface area contributed by atoms with Crippen molar-refractivity contribution >= 4 is 15.9 Å². The Morgan fingerprint density at radius 3 is 2.22 bits per heavy atom. The monoisotopic (exact) mass is 381 g/mol. The van der Waals surface area contributed by atoms with Crippen LogP contribution in [0.15, 0.2) is 83.9 Å². The molecule has 0 aliphatic heterocycles. The van der Waals surface area contributed by atoms with Gasteiger partial charge in [0.15, 0.2) is 0 Å². The van der Waals surface area contributed by atoms with Gasteiger partial charge in [0, 0.05) is 18.3 Å². The minimum atomic E-state index is -3.65. The maximum absolute atomic E-state index is 12.4. The van der Waals surface area contributed by atoms with Gasteiger partial charge in [-0.05, 0) is 42.0 Å². The summed E-state index contributed by atoms with van der Waals surface area (Å²) in [6.07, 6.45) is 1.66. The molecule has 7 heteroatoms. The van der Waals surface area contributed by atoms with Gasteiger partial charge in [-0.25, -0.2) is 13.1 Å². The van der Waals surface area contributed by atoms with Crippen LogP contribution in [0.25, 0.3) is 0 Å². The summed E-state index contributed by atoms with van der Waals surface area (Å²) >= 11 is 0. The van der Waals surface area contributed by atoms with Gasteiger partial charge in [-0.1, -0.05) is 36.4 Å². The van der Waals surface area contributed by atoms with Crippen molar-refractivity contribution in [3.63, 3.8) is 0 Å². The number of amides is 1. The number of aromatic nitrogens is 1. The Morgan fingerprint density at radius 2 is 1.56 bits per heavy atom. The van der Waals surface area contributed by atoms with E-state index in [1.165, 1.54) is 24.3 Å². The second-order valence-corrected chi connectivity index (χ2v) is 7.61. The molecule has 0 radical (unpaired) electrons. The first-order valence-corrected chi connectivity index (χ1v) is 9.85. The smallest absolute Gasteiger partial charge is 0.251 e. The number of pyridine rings is 1. The number of carbonyl (C=O) groups excluding carboxylic acids is 1. The lowest BCUT2D eigenvalue weighted by Crippen LogP contribution is -2.24. The van der Waals surface area contributed by atoms with Gasteiger partial charge in [0.2, 0.25) is 10.0 Å². The van der Waals surface area contributed by atoms with Gasteiger partial charge in [0.05, 0.1) is 17.1 Å². The Morgan fingerprint density at radius 1 is 0.852 bits per heavy atom. The van der Waals surface area contributed by atoms with Gasteiger partial charge < -0.3 is 5.32 Å². The van der Waals surface area contributed by atoms with Crippen molar-refractivity contribution in [1.29, 1.82) is 0 Å². The van der Waals surface area contributed by atoms with Crippen LogP contribution in [0.1, 0.15) is 21.6 Å². The molecule has 27 heavy (non-hydrogen) atoms. The van der Waals surface area contributed by atoms with E-state index in [-0.39, 0.29) is 17.3 Å². The predicted molar refractivity (Wildman–Crippen MR) is 102 cm³/mol. The highest BCUT2D eigenvalue weighted by molar-refractivity contribution is 7.89. The Kier molecular flexibility index (Phi) is 5.95. The Balaban J connectivity index is 1.61. The average molecular weight is 381 g/mol. The van der Waals surface area contributed by atoms with E-state index in [1.54, 1.807) is 12.3 Å². The van der Waals surface area contributed by atoms with Crippen molar-refractivity contribution in [3.05, 3.63) is 95.8 Å². The summed E-state index contributed by atoms with van der Waals surface area (Å²) in [6, 6.07) is 20.5. The summed E-state index contributed by atoms with van der Waals surface area (Å²) in [5.41, 5.74) is 2.00. The van der Waals surface area contributed by atoms with E-state index < -0.39 is 10.0 Å². The molecule has 0 saturated heterocycles. The molecule has 0 unspecified atom stereocenters. The lowest BCUT2D eigenvalue weighted by molar-refractivity contribution is 0.0950. The molecule has 0 saturated carbocycles. The zero-order valence-electron chi connectivity index (χ0n) is 14.5. The highest BCUT2D eigenvalue weighted by Gasteiger charge is 2.14. The number of carbonyl (C=O) groups is 1. The summed E-state index contributed by atoms with van der Waals surface area (Å²) in [4.78, 5) is 16.4. The van der Waals surface area contributed by atoms with Crippen LogP contribution < -0.4 is 10.0 Å². The van der Waals surface area contributed by atoms with Crippen molar-refractivity contribution < 1.29 is 13.2 Å². The van der Waals surface area contributed by atoms with Gasteiger partial charge in [-0.2, -0.15) is 0 Å². The number of benzene rings is 2. The highest BCUT2D eigenvalue weighted by atomic mass is 32.2. The third kappa shape index (κ3) is 5.22. The van der Waals surface area contributed by atoms with Gasteiger partial charge in [0.25, 0.3) is 5.91 Å². The molecule has 0 atom stereocenters. The van der Waals surface area contributed by atoms with E-state index in [0.29, 0.717) is 12.1 Å². The van der Waals surface area contributed by atoms with E-state index in [2.05, 4.69) is 15.0 Å².